The second-order valence-electron chi connectivity index (χ2n) is 2.85. The van der Waals surface area contributed by atoms with Gasteiger partial charge in [0.25, 0.3) is 12.1 Å². The normalized spacial score (nSPS) is 10.7. The fourth-order valence-electron chi connectivity index (χ4n) is 1.24. The number of aliphatic hydroxyl groups excluding tert-OH is 1. The molecule has 1 heterocycles. The van der Waals surface area contributed by atoms with Gasteiger partial charge in [0.1, 0.15) is 5.56 Å². The van der Waals surface area contributed by atoms with Crippen molar-refractivity contribution in [3.8, 4) is 0 Å². The highest BCUT2D eigenvalue weighted by molar-refractivity contribution is 5.49. The van der Waals surface area contributed by atoms with E-state index in [1.165, 1.54) is 6.92 Å². The van der Waals surface area contributed by atoms with Crippen molar-refractivity contribution in [1.82, 2.24) is 4.98 Å². The van der Waals surface area contributed by atoms with Gasteiger partial charge in [-0.1, -0.05) is 0 Å². The van der Waals surface area contributed by atoms with Gasteiger partial charge in [0.2, 0.25) is 0 Å². The SMILES string of the molecule is Cc1ncc(CO)c([N+](=O)[O-])c1C(F)F. The average molecular weight is 218 g/mol. The summed E-state index contributed by atoms with van der Waals surface area (Å²) in [6.45, 7) is 0.568. The van der Waals surface area contributed by atoms with Gasteiger partial charge in [-0.3, -0.25) is 15.1 Å². The van der Waals surface area contributed by atoms with Gasteiger partial charge in [0, 0.05) is 6.20 Å². The summed E-state index contributed by atoms with van der Waals surface area (Å²) in [5, 5.41) is 19.4. The highest BCUT2D eigenvalue weighted by Crippen LogP contribution is 2.33. The Kier molecular flexibility index (Phi) is 3.25. The first-order valence-corrected chi connectivity index (χ1v) is 4.00. The van der Waals surface area contributed by atoms with Crippen molar-refractivity contribution < 1.29 is 18.8 Å². The van der Waals surface area contributed by atoms with Crippen molar-refractivity contribution in [2.45, 2.75) is 20.0 Å². The summed E-state index contributed by atoms with van der Waals surface area (Å²) < 4.78 is 25.1. The fourth-order valence-corrected chi connectivity index (χ4v) is 1.24. The van der Waals surface area contributed by atoms with Gasteiger partial charge in [0.15, 0.2) is 0 Å². The molecule has 0 aliphatic heterocycles. The maximum atomic E-state index is 12.5. The van der Waals surface area contributed by atoms with Crippen molar-refractivity contribution in [3.05, 3.63) is 33.1 Å². The third kappa shape index (κ3) is 2.07. The Hall–Kier alpha value is -1.63. The Bertz CT molecular complexity index is 396. The summed E-state index contributed by atoms with van der Waals surface area (Å²) in [5.74, 6) is 0. The van der Waals surface area contributed by atoms with E-state index in [9.17, 15) is 18.9 Å². The maximum absolute atomic E-state index is 12.5. The smallest absolute Gasteiger partial charge is 0.287 e. The second-order valence-corrected chi connectivity index (χ2v) is 2.85. The van der Waals surface area contributed by atoms with Crippen molar-refractivity contribution >= 4 is 5.69 Å². The predicted molar refractivity (Wildman–Crippen MR) is 46.5 cm³/mol. The first-order chi connectivity index (χ1) is 6.99. The number of halogens is 2. The molecule has 1 N–H and O–H groups in total. The molecule has 0 atom stereocenters. The van der Waals surface area contributed by atoms with Crippen LogP contribution in [-0.2, 0) is 6.61 Å². The van der Waals surface area contributed by atoms with E-state index in [0.29, 0.717) is 0 Å². The van der Waals surface area contributed by atoms with Crippen molar-refractivity contribution in [2.75, 3.05) is 0 Å². The fraction of sp³-hybridized carbons (Fsp3) is 0.375. The number of alkyl halides is 2. The summed E-state index contributed by atoms with van der Waals surface area (Å²) in [5.41, 5.74) is -1.79. The molecule has 7 heteroatoms. The summed E-state index contributed by atoms with van der Waals surface area (Å²) in [4.78, 5) is 13.2. The van der Waals surface area contributed by atoms with Crippen LogP contribution in [0, 0.1) is 17.0 Å². The number of aliphatic hydroxyl groups is 1. The van der Waals surface area contributed by atoms with E-state index in [2.05, 4.69) is 4.98 Å². The molecule has 0 saturated carbocycles. The number of hydrogen-bond acceptors (Lipinski definition) is 4. The van der Waals surface area contributed by atoms with Gasteiger partial charge in [0.05, 0.1) is 22.8 Å². The van der Waals surface area contributed by atoms with Gasteiger partial charge in [-0.15, -0.1) is 0 Å². The Morgan fingerprint density at radius 2 is 2.27 bits per heavy atom. The molecule has 0 unspecified atom stereocenters. The molecule has 0 spiro atoms. The lowest BCUT2D eigenvalue weighted by atomic mass is 10.1. The molecule has 0 saturated heterocycles. The zero-order valence-electron chi connectivity index (χ0n) is 7.78. The van der Waals surface area contributed by atoms with Crippen LogP contribution < -0.4 is 0 Å². The molecule has 1 aromatic rings. The number of nitrogens with zero attached hydrogens (tertiary/aromatic N) is 2. The maximum Gasteiger partial charge on any atom is 0.287 e. The van der Waals surface area contributed by atoms with E-state index in [0.717, 1.165) is 6.20 Å². The minimum absolute atomic E-state index is 0.103. The lowest BCUT2D eigenvalue weighted by molar-refractivity contribution is -0.387. The summed E-state index contributed by atoms with van der Waals surface area (Å²) in [7, 11) is 0. The molecule has 0 aromatic carbocycles. The first-order valence-electron chi connectivity index (χ1n) is 4.00. The summed E-state index contributed by atoms with van der Waals surface area (Å²) in [6, 6.07) is 0. The number of hydrogen-bond donors (Lipinski definition) is 1. The first kappa shape index (κ1) is 11.4. The third-order valence-electron chi connectivity index (χ3n) is 1.93. The zero-order valence-corrected chi connectivity index (χ0v) is 7.78. The van der Waals surface area contributed by atoms with Crippen LogP contribution in [0.1, 0.15) is 23.2 Å². The number of nitro groups is 1. The predicted octanol–water partition coefficient (Wildman–Crippen LogP) is 1.73. The van der Waals surface area contributed by atoms with Gasteiger partial charge in [-0.2, -0.15) is 0 Å². The van der Waals surface area contributed by atoms with Gasteiger partial charge < -0.3 is 5.11 Å². The average Bonchev–Trinajstić information content (AvgIpc) is 2.16. The molecule has 5 nitrogen and oxygen atoms in total. The second kappa shape index (κ2) is 4.26. The van der Waals surface area contributed by atoms with Crippen LogP contribution in [0.4, 0.5) is 14.5 Å². The van der Waals surface area contributed by atoms with Crippen LogP contribution in [-0.4, -0.2) is 15.0 Å². The van der Waals surface area contributed by atoms with Crippen LogP contribution >= 0.6 is 0 Å². The number of pyridine rings is 1. The summed E-state index contributed by atoms with van der Waals surface area (Å²) in [6.07, 6.45) is -1.95. The molecule has 0 aliphatic carbocycles. The van der Waals surface area contributed by atoms with Gasteiger partial charge >= 0.3 is 0 Å². The van der Waals surface area contributed by atoms with E-state index in [1.807, 2.05) is 0 Å². The molecule has 0 amide bonds. The Morgan fingerprint density at radius 1 is 1.67 bits per heavy atom. The molecular weight excluding hydrogens is 210 g/mol. The zero-order chi connectivity index (χ0) is 11.6. The van der Waals surface area contributed by atoms with Gasteiger partial charge in [-0.05, 0) is 6.92 Å². The minimum Gasteiger partial charge on any atom is -0.391 e. The van der Waals surface area contributed by atoms with E-state index in [1.54, 1.807) is 0 Å². The minimum atomic E-state index is -2.98. The molecule has 15 heavy (non-hydrogen) atoms. The van der Waals surface area contributed by atoms with Crippen LogP contribution in [0.25, 0.3) is 0 Å². The van der Waals surface area contributed by atoms with Crippen molar-refractivity contribution in [1.29, 1.82) is 0 Å². The highest BCUT2D eigenvalue weighted by atomic mass is 19.3. The largest absolute Gasteiger partial charge is 0.391 e. The van der Waals surface area contributed by atoms with E-state index >= 15 is 0 Å². The Labute approximate surface area is 83.5 Å². The molecule has 0 radical (unpaired) electrons. The Morgan fingerprint density at radius 3 is 2.67 bits per heavy atom. The van der Waals surface area contributed by atoms with Crippen LogP contribution in [0.15, 0.2) is 6.20 Å². The molecular formula is C8H8F2N2O3. The van der Waals surface area contributed by atoms with E-state index < -0.39 is 29.2 Å². The molecule has 82 valence electrons. The van der Waals surface area contributed by atoms with Crippen LogP contribution in [0.2, 0.25) is 0 Å². The molecule has 0 bridgehead atoms. The Balaban J connectivity index is 3.51. The highest BCUT2D eigenvalue weighted by Gasteiger charge is 2.28. The van der Waals surface area contributed by atoms with Crippen LogP contribution in [0.3, 0.4) is 0 Å². The number of rotatable bonds is 3. The standard InChI is InChI=1S/C8H8F2N2O3/c1-4-6(8(9)10)7(12(14)15)5(3-13)2-11-4/h2,8,13H,3H2,1H3. The lowest BCUT2D eigenvalue weighted by Crippen LogP contribution is -2.05. The third-order valence-corrected chi connectivity index (χ3v) is 1.93. The molecule has 0 aliphatic rings. The monoisotopic (exact) mass is 218 g/mol. The lowest BCUT2D eigenvalue weighted by Gasteiger charge is -2.07. The molecule has 1 rings (SSSR count). The van der Waals surface area contributed by atoms with E-state index in [-0.39, 0.29) is 11.3 Å². The van der Waals surface area contributed by atoms with Crippen molar-refractivity contribution in [2.24, 2.45) is 0 Å². The van der Waals surface area contributed by atoms with Gasteiger partial charge in [-0.25, -0.2) is 8.78 Å². The quantitative estimate of drug-likeness (QED) is 0.619. The number of aryl methyl sites for hydroxylation is 1. The van der Waals surface area contributed by atoms with Crippen molar-refractivity contribution in [3.63, 3.8) is 0 Å². The summed E-state index contributed by atoms with van der Waals surface area (Å²) >= 11 is 0. The van der Waals surface area contributed by atoms with E-state index in [4.69, 9.17) is 5.11 Å². The van der Waals surface area contributed by atoms with Crippen LogP contribution in [0.5, 0.6) is 0 Å². The molecule has 1 aromatic heterocycles. The topological polar surface area (TPSA) is 76.3 Å². The number of aromatic nitrogens is 1. The molecule has 0 fully saturated rings.